The van der Waals surface area contributed by atoms with Gasteiger partial charge in [-0.25, -0.2) is 0 Å². The molecule has 4 N–H and O–H groups in total. The number of nitrogens with zero attached hydrogens (tertiary/aromatic N) is 1. The van der Waals surface area contributed by atoms with Gasteiger partial charge in [0.15, 0.2) is 5.78 Å². The van der Waals surface area contributed by atoms with Crippen molar-refractivity contribution in [2.45, 2.75) is 20.8 Å². The number of primary amides is 2. The van der Waals surface area contributed by atoms with E-state index >= 15 is 0 Å². The maximum absolute atomic E-state index is 12.4. The van der Waals surface area contributed by atoms with E-state index in [-0.39, 0.29) is 25.4 Å². The standard InChI is InChI=1S/C15H21N3O3/c1-9-4-10(2)15(11(3)5-9)12(19)6-18(7-13(16)20)8-14(17)21/h4-5H,6-8H2,1-3H3,(H2,16,20)(H2,17,21). The van der Waals surface area contributed by atoms with Crippen molar-refractivity contribution in [1.82, 2.24) is 4.90 Å². The molecule has 6 heteroatoms. The Labute approximate surface area is 124 Å². The number of amides is 2. The van der Waals surface area contributed by atoms with E-state index in [4.69, 9.17) is 11.5 Å². The van der Waals surface area contributed by atoms with Gasteiger partial charge in [0, 0.05) is 5.56 Å². The molecule has 0 saturated heterocycles. The van der Waals surface area contributed by atoms with Gasteiger partial charge >= 0.3 is 0 Å². The van der Waals surface area contributed by atoms with Gasteiger partial charge in [-0.05, 0) is 31.9 Å². The van der Waals surface area contributed by atoms with E-state index in [1.807, 2.05) is 32.9 Å². The molecule has 0 bridgehead atoms. The molecule has 0 heterocycles. The molecule has 1 aromatic carbocycles. The largest absolute Gasteiger partial charge is 0.369 e. The molecule has 0 unspecified atom stereocenters. The van der Waals surface area contributed by atoms with Crippen molar-refractivity contribution in [3.63, 3.8) is 0 Å². The third-order valence-electron chi connectivity index (χ3n) is 3.08. The monoisotopic (exact) mass is 291 g/mol. The van der Waals surface area contributed by atoms with Crippen molar-refractivity contribution < 1.29 is 14.4 Å². The molecule has 21 heavy (non-hydrogen) atoms. The van der Waals surface area contributed by atoms with Gasteiger partial charge in [0.1, 0.15) is 0 Å². The number of rotatable bonds is 7. The highest BCUT2D eigenvalue weighted by Crippen LogP contribution is 2.17. The van der Waals surface area contributed by atoms with Crippen LogP contribution in [-0.4, -0.2) is 42.1 Å². The van der Waals surface area contributed by atoms with Gasteiger partial charge < -0.3 is 11.5 Å². The lowest BCUT2D eigenvalue weighted by atomic mass is 9.96. The first-order valence-electron chi connectivity index (χ1n) is 6.60. The van der Waals surface area contributed by atoms with Crippen LogP contribution in [0.2, 0.25) is 0 Å². The average Bonchev–Trinajstić information content (AvgIpc) is 2.24. The summed E-state index contributed by atoms with van der Waals surface area (Å²) in [4.78, 5) is 35.8. The van der Waals surface area contributed by atoms with Crippen LogP contribution in [0.15, 0.2) is 12.1 Å². The number of ketones is 1. The number of Topliss-reactive ketones (excluding diaryl/α,β-unsaturated/α-hetero) is 1. The third-order valence-corrected chi connectivity index (χ3v) is 3.08. The van der Waals surface area contributed by atoms with E-state index < -0.39 is 11.8 Å². The van der Waals surface area contributed by atoms with E-state index in [0.29, 0.717) is 5.56 Å². The van der Waals surface area contributed by atoms with Gasteiger partial charge in [-0.15, -0.1) is 0 Å². The molecule has 0 radical (unpaired) electrons. The highest BCUT2D eigenvalue weighted by atomic mass is 16.2. The summed E-state index contributed by atoms with van der Waals surface area (Å²) in [7, 11) is 0. The molecule has 0 aliphatic carbocycles. The van der Waals surface area contributed by atoms with Gasteiger partial charge in [0.25, 0.3) is 0 Å². The lowest BCUT2D eigenvalue weighted by molar-refractivity contribution is -0.121. The second kappa shape index (κ2) is 6.99. The summed E-state index contributed by atoms with van der Waals surface area (Å²) in [6.07, 6.45) is 0. The first kappa shape index (κ1) is 16.8. The van der Waals surface area contributed by atoms with Crippen LogP contribution in [0, 0.1) is 20.8 Å². The Bertz CT molecular complexity index is 543. The molecule has 0 atom stereocenters. The summed E-state index contributed by atoms with van der Waals surface area (Å²) in [5.41, 5.74) is 13.7. The first-order valence-corrected chi connectivity index (χ1v) is 6.60. The Morgan fingerprint density at radius 3 is 1.71 bits per heavy atom. The van der Waals surface area contributed by atoms with Crippen molar-refractivity contribution in [3.05, 3.63) is 34.4 Å². The van der Waals surface area contributed by atoms with Crippen molar-refractivity contribution in [1.29, 1.82) is 0 Å². The van der Waals surface area contributed by atoms with Gasteiger partial charge in [-0.3, -0.25) is 19.3 Å². The molecule has 0 aliphatic rings. The van der Waals surface area contributed by atoms with Crippen LogP contribution in [-0.2, 0) is 9.59 Å². The summed E-state index contributed by atoms with van der Waals surface area (Å²) < 4.78 is 0. The zero-order valence-electron chi connectivity index (χ0n) is 12.6. The molecule has 114 valence electrons. The molecule has 0 fully saturated rings. The predicted molar refractivity (Wildman–Crippen MR) is 79.8 cm³/mol. The van der Waals surface area contributed by atoms with Crippen molar-refractivity contribution in [2.75, 3.05) is 19.6 Å². The second-order valence-electron chi connectivity index (χ2n) is 5.27. The molecule has 6 nitrogen and oxygen atoms in total. The van der Waals surface area contributed by atoms with Crippen molar-refractivity contribution in [3.8, 4) is 0 Å². The van der Waals surface area contributed by atoms with Crippen LogP contribution in [0.5, 0.6) is 0 Å². The van der Waals surface area contributed by atoms with E-state index in [9.17, 15) is 14.4 Å². The van der Waals surface area contributed by atoms with Crippen LogP contribution in [0.1, 0.15) is 27.0 Å². The lowest BCUT2D eigenvalue weighted by Crippen LogP contribution is -2.42. The summed E-state index contributed by atoms with van der Waals surface area (Å²) in [6, 6.07) is 3.85. The van der Waals surface area contributed by atoms with Crippen molar-refractivity contribution >= 4 is 17.6 Å². The van der Waals surface area contributed by atoms with E-state index in [0.717, 1.165) is 16.7 Å². The van der Waals surface area contributed by atoms with E-state index in [1.54, 1.807) is 0 Å². The Hall–Kier alpha value is -2.21. The zero-order chi connectivity index (χ0) is 16.2. The van der Waals surface area contributed by atoms with Crippen LogP contribution in [0.25, 0.3) is 0 Å². The van der Waals surface area contributed by atoms with Gasteiger partial charge in [0.05, 0.1) is 19.6 Å². The van der Waals surface area contributed by atoms with Crippen LogP contribution in [0.4, 0.5) is 0 Å². The molecule has 0 aromatic heterocycles. The molecule has 0 aliphatic heterocycles. The quantitative estimate of drug-likeness (QED) is 0.693. The normalized spacial score (nSPS) is 10.7. The average molecular weight is 291 g/mol. The zero-order valence-corrected chi connectivity index (χ0v) is 12.6. The fourth-order valence-electron chi connectivity index (χ4n) is 2.51. The minimum absolute atomic E-state index is 0.0728. The first-order chi connectivity index (χ1) is 9.70. The Balaban J connectivity index is 2.96. The minimum atomic E-state index is -0.610. The fourth-order valence-corrected chi connectivity index (χ4v) is 2.51. The van der Waals surface area contributed by atoms with Gasteiger partial charge in [0.2, 0.25) is 11.8 Å². The maximum Gasteiger partial charge on any atom is 0.231 e. The maximum atomic E-state index is 12.4. The summed E-state index contributed by atoms with van der Waals surface area (Å²) in [5, 5.41) is 0. The number of aryl methyl sites for hydroxylation is 3. The summed E-state index contributed by atoms with van der Waals surface area (Å²) >= 11 is 0. The number of hydrogen-bond acceptors (Lipinski definition) is 4. The lowest BCUT2D eigenvalue weighted by Gasteiger charge is -2.19. The molecule has 0 spiro atoms. The molecule has 1 aromatic rings. The highest BCUT2D eigenvalue weighted by Gasteiger charge is 2.19. The summed E-state index contributed by atoms with van der Waals surface area (Å²) in [5.74, 6) is -1.38. The van der Waals surface area contributed by atoms with E-state index in [2.05, 4.69) is 0 Å². The number of carbonyl (C=O) groups is 3. The number of hydrogen-bond donors (Lipinski definition) is 2. The molecule has 2 amide bonds. The topological polar surface area (TPSA) is 106 Å². The highest BCUT2D eigenvalue weighted by molar-refractivity contribution is 6.00. The predicted octanol–water partition coefficient (Wildman–Crippen LogP) is 0.0672. The Morgan fingerprint density at radius 1 is 0.905 bits per heavy atom. The molecular formula is C15H21N3O3. The molecule has 1 rings (SSSR count). The Morgan fingerprint density at radius 2 is 1.33 bits per heavy atom. The van der Waals surface area contributed by atoms with Gasteiger partial charge in [-0.2, -0.15) is 0 Å². The van der Waals surface area contributed by atoms with Gasteiger partial charge in [-0.1, -0.05) is 17.7 Å². The number of carbonyl (C=O) groups excluding carboxylic acids is 3. The van der Waals surface area contributed by atoms with Crippen molar-refractivity contribution in [2.24, 2.45) is 11.5 Å². The third kappa shape index (κ3) is 5.00. The van der Waals surface area contributed by atoms with Crippen LogP contribution >= 0.6 is 0 Å². The van der Waals surface area contributed by atoms with Crippen LogP contribution < -0.4 is 11.5 Å². The minimum Gasteiger partial charge on any atom is -0.369 e. The SMILES string of the molecule is Cc1cc(C)c(C(=O)CN(CC(N)=O)CC(N)=O)c(C)c1. The smallest absolute Gasteiger partial charge is 0.231 e. The number of benzene rings is 1. The molecular weight excluding hydrogens is 270 g/mol. The fraction of sp³-hybridized carbons (Fsp3) is 0.400. The number of nitrogens with two attached hydrogens (primary N) is 2. The second-order valence-corrected chi connectivity index (χ2v) is 5.27. The van der Waals surface area contributed by atoms with Crippen LogP contribution in [0.3, 0.4) is 0 Å². The Kier molecular flexibility index (Phi) is 5.60. The molecule has 0 saturated carbocycles. The van der Waals surface area contributed by atoms with E-state index in [1.165, 1.54) is 4.90 Å². The summed E-state index contributed by atoms with van der Waals surface area (Å²) in [6.45, 7) is 5.24.